The average molecular weight is 310 g/mol. The van der Waals surface area contributed by atoms with Crippen LogP contribution in [0.2, 0.25) is 0 Å². The lowest BCUT2D eigenvalue weighted by Gasteiger charge is -2.04. The number of hydrogen-bond acceptors (Lipinski definition) is 4. The second-order valence-corrected chi connectivity index (χ2v) is 4.54. The third-order valence-corrected chi connectivity index (χ3v) is 2.80. The minimum Gasteiger partial charge on any atom is -0.457 e. The fraction of sp³-hybridized carbons (Fsp3) is 0.211. The Balaban J connectivity index is 1.81. The maximum atomic E-state index is 11.2. The summed E-state index contributed by atoms with van der Waals surface area (Å²) >= 11 is 0. The summed E-state index contributed by atoms with van der Waals surface area (Å²) in [4.78, 5) is 11.2. The molecule has 0 radical (unpaired) electrons. The van der Waals surface area contributed by atoms with E-state index in [1.165, 1.54) is 0 Å². The van der Waals surface area contributed by atoms with Crippen molar-refractivity contribution in [1.82, 2.24) is 0 Å². The van der Waals surface area contributed by atoms with Crippen LogP contribution in [0.15, 0.2) is 54.6 Å². The van der Waals surface area contributed by atoms with Gasteiger partial charge in [0.2, 0.25) is 0 Å². The molecule has 0 bridgehead atoms. The molecule has 0 aliphatic rings. The standard InChI is InChI=1S/C19H18O4/c1-2-21-15-19(20)22-14-6-7-16-10-12-18(13-11-16)23-17-8-4-3-5-9-17/h3-5,8-13H,2,14-15H2,1H3. The Morgan fingerprint density at radius 3 is 2.39 bits per heavy atom. The first-order valence-corrected chi connectivity index (χ1v) is 7.33. The molecule has 0 spiro atoms. The highest BCUT2D eigenvalue weighted by molar-refractivity contribution is 5.70. The summed E-state index contributed by atoms with van der Waals surface area (Å²) in [6, 6.07) is 17.0. The van der Waals surface area contributed by atoms with Crippen LogP contribution in [0, 0.1) is 11.8 Å². The van der Waals surface area contributed by atoms with E-state index in [1.54, 1.807) is 0 Å². The molecule has 2 aromatic carbocycles. The van der Waals surface area contributed by atoms with Crippen LogP contribution >= 0.6 is 0 Å². The summed E-state index contributed by atoms with van der Waals surface area (Å²) in [5.41, 5.74) is 0.825. The van der Waals surface area contributed by atoms with E-state index in [4.69, 9.17) is 14.2 Å². The van der Waals surface area contributed by atoms with Crippen LogP contribution in [-0.2, 0) is 14.3 Å². The van der Waals surface area contributed by atoms with E-state index in [2.05, 4.69) is 11.8 Å². The highest BCUT2D eigenvalue weighted by Crippen LogP contribution is 2.20. The molecule has 118 valence electrons. The minimum absolute atomic E-state index is 0.0380. The van der Waals surface area contributed by atoms with Gasteiger partial charge in [0.05, 0.1) is 0 Å². The van der Waals surface area contributed by atoms with Gasteiger partial charge in [-0.25, -0.2) is 4.79 Å². The predicted octanol–water partition coefficient (Wildman–Crippen LogP) is 3.41. The summed E-state index contributed by atoms with van der Waals surface area (Å²) in [7, 11) is 0. The molecular weight excluding hydrogens is 292 g/mol. The molecule has 0 aromatic heterocycles. The van der Waals surface area contributed by atoms with Gasteiger partial charge in [-0.05, 0) is 43.3 Å². The molecule has 0 fully saturated rings. The SMILES string of the molecule is CCOCC(=O)OCC#Cc1ccc(Oc2ccccc2)cc1. The molecule has 0 aliphatic heterocycles. The lowest BCUT2D eigenvalue weighted by molar-refractivity contribution is -0.147. The topological polar surface area (TPSA) is 44.8 Å². The third-order valence-electron chi connectivity index (χ3n) is 2.80. The summed E-state index contributed by atoms with van der Waals surface area (Å²) in [6.07, 6.45) is 0. The van der Waals surface area contributed by atoms with Crippen molar-refractivity contribution >= 4 is 5.97 Å². The van der Waals surface area contributed by atoms with Crippen LogP contribution in [0.3, 0.4) is 0 Å². The molecule has 0 aliphatic carbocycles. The number of ether oxygens (including phenoxy) is 3. The highest BCUT2D eigenvalue weighted by Gasteiger charge is 1.99. The van der Waals surface area contributed by atoms with Crippen molar-refractivity contribution in [3.63, 3.8) is 0 Å². The summed E-state index contributed by atoms with van der Waals surface area (Å²) in [5, 5.41) is 0. The Morgan fingerprint density at radius 2 is 1.70 bits per heavy atom. The van der Waals surface area contributed by atoms with E-state index >= 15 is 0 Å². The molecule has 2 rings (SSSR count). The molecule has 0 atom stereocenters. The lowest BCUT2D eigenvalue weighted by atomic mass is 10.2. The van der Waals surface area contributed by atoms with Crippen LogP contribution in [0.25, 0.3) is 0 Å². The molecule has 0 heterocycles. The van der Waals surface area contributed by atoms with Crippen molar-refractivity contribution in [2.45, 2.75) is 6.92 Å². The first-order valence-electron chi connectivity index (χ1n) is 7.33. The van der Waals surface area contributed by atoms with E-state index in [1.807, 2.05) is 61.5 Å². The van der Waals surface area contributed by atoms with E-state index in [-0.39, 0.29) is 13.2 Å². The third kappa shape index (κ3) is 6.25. The van der Waals surface area contributed by atoms with Crippen LogP contribution < -0.4 is 4.74 Å². The quantitative estimate of drug-likeness (QED) is 0.606. The van der Waals surface area contributed by atoms with Crippen molar-refractivity contribution in [1.29, 1.82) is 0 Å². The molecule has 0 saturated carbocycles. The van der Waals surface area contributed by atoms with E-state index in [0.29, 0.717) is 6.61 Å². The first kappa shape index (κ1) is 16.6. The largest absolute Gasteiger partial charge is 0.457 e. The maximum absolute atomic E-state index is 11.2. The van der Waals surface area contributed by atoms with Crippen molar-refractivity contribution in [2.24, 2.45) is 0 Å². The van der Waals surface area contributed by atoms with Crippen LogP contribution in [0.1, 0.15) is 12.5 Å². The second-order valence-electron chi connectivity index (χ2n) is 4.54. The Hall–Kier alpha value is -2.77. The number of para-hydroxylation sites is 1. The Kier molecular flexibility index (Phi) is 6.70. The van der Waals surface area contributed by atoms with Crippen LogP contribution in [-0.4, -0.2) is 25.8 Å². The fourth-order valence-corrected chi connectivity index (χ4v) is 1.71. The molecule has 0 N–H and O–H groups in total. The van der Waals surface area contributed by atoms with Gasteiger partial charge in [0.15, 0.2) is 6.61 Å². The smallest absolute Gasteiger partial charge is 0.333 e. The van der Waals surface area contributed by atoms with Gasteiger partial charge < -0.3 is 14.2 Å². The number of benzene rings is 2. The monoisotopic (exact) mass is 310 g/mol. The molecule has 4 nitrogen and oxygen atoms in total. The van der Waals surface area contributed by atoms with Gasteiger partial charge in [0.25, 0.3) is 0 Å². The zero-order valence-electron chi connectivity index (χ0n) is 13.0. The van der Waals surface area contributed by atoms with Gasteiger partial charge in [-0.15, -0.1) is 0 Å². The molecule has 23 heavy (non-hydrogen) atoms. The Morgan fingerprint density at radius 1 is 1.00 bits per heavy atom. The highest BCUT2D eigenvalue weighted by atomic mass is 16.6. The summed E-state index contributed by atoms with van der Waals surface area (Å²) < 4.78 is 15.5. The number of hydrogen-bond donors (Lipinski definition) is 0. The van der Waals surface area contributed by atoms with Crippen molar-refractivity contribution in [3.8, 4) is 23.3 Å². The summed E-state index contributed by atoms with van der Waals surface area (Å²) in [5.74, 6) is 6.83. The fourth-order valence-electron chi connectivity index (χ4n) is 1.71. The zero-order chi connectivity index (χ0) is 16.3. The van der Waals surface area contributed by atoms with Gasteiger partial charge in [0.1, 0.15) is 18.1 Å². The molecule has 0 amide bonds. The van der Waals surface area contributed by atoms with Gasteiger partial charge in [0, 0.05) is 12.2 Å². The van der Waals surface area contributed by atoms with Crippen LogP contribution in [0.4, 0.5) is 0 Å². The normalized spacial score (nSPS) is 9.61. The molecule has 0 saturated heterocycles. The molecular formula is C19H18O4. The van der Waals surface area contributed by atoms with Crippen molar-refractivity contribution < 1.29 is 19.0 Å². The Labute approximate surface area is 136 Å². The zero-order valence-corrected chi connectivity index (χ0v) is 13.0. The van der Waals surface area contributed by atoms with E-state index in [0.717, 1.165) is 17.1 Å². The van der Waals surface area contributed by atoms with Gasteiger partial charge >= 0.3 is 5.97 Å². The van der Waals surface area contributed by atoms with Gasteiger partial charge in [-0.2, -0.15) is 0 Å². The second kappa shape index (κ2) is 9.29. The van der Waals surface area contributed by atoms with Gasteiger partial charge in [-0.1, -0.05) is 30.0 Å². The Bertz CT molecular complexity index is 666. The minimum atomic E-state index is -0.409. The van der Waals surface area contributed by atoms with Crippen LogP contribution in [0.5, 0.6) is 11.5 Å². The predicted molar refractivity (Wildman–Crippen MR) is 87.3 cm³/mol. The first-order chi connectivity index (χ1) is 11.3. The number of esters is 1. The lowest BCUT2D eigenvalue weighted by Crippen LogP contribution is -2.12. The maximum Gasteiger partial charge on any atom is 0.333 e. The van der Waals surface area contributed by atoms with Crippen molar-refractivity contribution in [2.75, 3.05) is 19.8 Å². The average Bonchev–Trinajstić information content (AvgIpc) is 2.59. The summed E-state index contributed by atoms with van der Waals surface area (Å²) in [6.45, 7) is 2.31. The van der Waals surface area contributed by atoms with E-state index < -0.39 is 5.97 Å². The number of carbonyl (C=O) groups is 1. The molecule has 0 unspecified atom stereocenters. The number of carbonyl (C=O) groups excluding carboxylic acids is 1. The molecule has 4 heteroatoms. The van der Waals surface area contributed by atoms with Gasteiger partial charge in [-0.3, -0.25) is 0 Å². The molecule has 2 aromatic rings. The van der Waals surface area contributed by atoms with Crippen molar-refractivity contribution in [3.05, 3.63) is 60.2 Å². The van der Waals surface area contributed by atoms with E-state index in [9.17, 15) is 4.79 Å². The number of rotatable bonds is 6.